The third kappa shape index (κ3) is 2.63. The first-order valence-electron chi connectivity index (χ1n) is 5.99. The molecule has 0 aliphatic heterocycles. The number of thiazole rings is 1. The van der Waals surface area contributed by atoms with Crippen LogP contribution in [0.15, 0.2) is 54.0 Å². The minimum absolute atomic E-state index is 0.0358. The highest BCUT2D eigenvalue weighted by molar-refractivity contribution is 7.13. The van der Waals surface area contributed by atoms with Crippen molar-refractivity contribution in [1.82, 2.24) is 4.98 Å². The summed E-state index contributed by atoms with van der Waals surface area (Å²) in [5.41, 5.74) is 1.03. The lowest BCUT2D eigenvalue weighted by Gasteiger charge is -2.06. The molecule has 1 heterocycles. The fourth-order valence-corrected chi connectivity index (χ4v) is 2.61. The average molecular weight is 268 g/mol. The van der Waals surface area contributed by atoms with Gasteiger partial charge in [-0.1, -0.05) is 42.5 Å². The molecule has 19 heavy (non-hydrogen) atoms. The number of carbonyl (C=O) groups is 1. The van der Waals surface area contributed by atoms with Gasteiger partial charge in [-0.3, -0.25) is 4.79 Å². The zero-order valence-corrected chi connectivity index (χ0v) is 11.0. The van der Waals surface area contributed by atoms with Gasteiger partial charge < -0.3 is 5.32 Å². The molecule has 0 bridgehead atoms. The first kappa shape index (κ1) is 11.9. The van der Waals surface area contributed by atoms with Gasteiger partial charge in [-0.05, 0) is 16.3 Å². The molecule has 0 saturated heterocycles. The van der Waals surface area contributed by atoms with E-state index in [2.05, 4.69) is 22.4 Å². The molecule has 2 aromatic carbocycles. The summed E-state index contributed by atoms with van der Waals surface area (Å²) in [5, 5.41) is 7.57. The Kier molecular flexibility index (Phi) is 3.25. The Bertz CT molecular complexity index is 702. The third-order valence-electron chi connectivity index (χ3n) is 2.91. The van der Waals surface area contributed by atoms with E-state index in [1.807, 2.05) is 35.7 Å². The summed E-state index contributed by atoms with van der Waals surface area (Å²) < 4.78 is 0. The molecule has 0 unspecified atom stereocenters. The molecule has 3 nitrogen and oxygen atoms in total. The Balaban J connectivity index is 1.83. The van der Waals surface area contributed by atoms with Gasteiger partial charge in [0.1, 0.15) is 0 Å². The number of amides is 1. The number of benzene rings is 2. The van der Waals surface area contributed by atoms with Crippen LogP contribution >= 0.6 is 11.3 Å². The highest BCUT2D eigenvalue weighted by atomic mass is 32.1. The van der Waals surface area contributed by atoms with E-state index in [1.165, 1.54) is 11.3 Å². The summed E-state index contributed by atoms with van der Waals surface area (Å²) >= 11 is 1.42. The van der Waals surface area contributed by atoms with Crippen molar-refractivity contribution in [3.05, 3.63) is 59.6 Å². The number of nitrogens with zero attached hydrogens (tertiary/aromatic N) is 1. The Morgan fingerprint density at radius 3 is 2.84 bits per heavy atom. The van der Waals surface area contributed by atoms with Gasteiger partial charge in [-0.15, -0.1) is 11.3 Å². The van der Waals surface area contributed by atoms with Crippen LogP contribution in [-0.4, -0.2) is 10.9 Å². The standard InChI is InChI=1S/C15H12N2OS/c18-14(17-15-16-8-9-19-15)10-12-6-3-5-11-4-1-2-7-13(11)12/h1-9H,10H2,(H,16,17,18). The molecule has 0 fully saturated rings. The van der Waals surface area contributed by atoms with E-state index in [9.17, 15) is 4.79 Å². The number of carbonyl (C=O) groups excluding carboxylic acids is 1. The number of hydrogen-bond donors (Lipinski definition) is 1. The van der Waals surface area contributed by atoms with Gasteiger partial charge >= 0.3 is 0 Å². The molecule has 0 aliphatic rings. The molecular weight excluding hydrogens is 256 g/mol. The lowest BCUT2D eigenvalue weighted by atomic mass is 10.0. The quantitative estimate of drug-likeness (QED) is 0.790. The molecule has 3 aromatic rings. The van der Waals surface area contributed by atoms with E-state index in [0.717, 1.165) is 16.3 Å². The van der Waals surface area contributed by atoms with E-state index in [1.54, 1.807) is 6.20 Å². The highest BCUT2D eigenvalue weighted by Crippen LogP contribution is 2.19. The van der Waals surface area contributed by atoms with E-state index < -0.39 is 0 Å². The van der Waals surface area contributed by atoms with Crippen molar-refractivity contribution < 1.29 is 4.79 Å². The summed E-state index contributed by atoms with van der Waals surface area (Å²) in [5.74, 6) is -0.0358. The lowest BCUT2D eigenvalue weighted by molar-refractivity contribution is -0.115. The summed E-state index contributed by atoms with van der Waals surface area (Å²) in [6.07, 6.45) is 2.04. The smallest absolute Gasteiger partial charge is 0.230 e. The zero-order valence-electron chi connectivity index (χ0n) is 10.2. The van der Waals surface area contributed by atoms with E-state index in [4.69, 9.17) is 0 Å². The predicted molar refractivity (Wildman–Crippen MR) is 78.4 cm³/mol. The number of rotatable bonds is 3. The zero-order chi connectivity index (χ0) is 13.1. The summed E-state index contributed by atoms with van der Waals surface area (Å²) in [6, 6.07) is 14.1. The van der Waals surface area contributed by atoms with E-state index in [-0.39, 0.29) is 5.91 Å². The molecule has 4 heteroatoms. The van der Waals surface area contributed by atoms with Crippen molar-refractivity contribution in [2.75, 3.05) is 5.32 Å². The first-order chi connectivity index (χ1) is 9.33. The Morgan fingerprint density at radius 1 is 1.16 bits per heavy atom. The summed E-state index contributed by atoms with van der Waals surface area (Å²) in [4.78, 5) is 16.0. The number of fused-ring (bicyclic) bond motifs is 1. The van der Waals surface area contributed by atoms with Crippen molar-refractivity contribution in [3.8, 4) is 0 Å². The van der Waals surface area contributed by atoms with Gasteiger partial charge in [-0.2, -0.15) is 0 Å². The second-order valence-corrected chi connectivity index (χ2v) is 5.10. The minimum atomic E-state index is -0.0358. The van der Waals surface area contributed by atoms with Crippen molar-refractivity contribution in [1.29, 1.82) is 0 Å². The van der Waals surface area contributed by atoms with Crippen molar-refractivity contribution in [3.63, 3.8) is 0 Å². The van der Waals surface area contributed by atoms with Crippen LogP contribution in [0.3, 0.4) is 0 Å². The Labute approximate surface area is 114 Å². The van der Waals surface area contributed by atoms with Gasteiger partial charge in [0.05, 0.1) is 6.42 Å². The minimum Gasteiger partial charge on any atom is -0.302 e. The molecule has 1 aromatic heterocycles. The molecule has 94 valence electrons. The molecule has 0 atom stereocenters. The second-order valence-electron chi connectivity index (χ2n) is 4.20. The fraction of sp³-hybridized carbons (Fsp3) is 0.0667. The largest absolute Gasteiger partial charge is 0.302 e. The molecule has 1 amide bonds. The number of anilines is 1. The van der Waals surface area contributed by atoms with Crippen molar-refractivity contribution in [2.45, 2.75) is 6.42 Å². The molecule has 0 radical (unpaired) electrons. The average Bonchev–Trinajstić information content (AvgIpc) is 2.92. The predicted octanol–water partition coefficient (Wildman–Crippen LogP) is 3.48. The van der Waals surface area contributed by atoms with Crippen LogP contribution < -0.4 is 5.32 Å². The van der Waals surface area contributed by atoms with Gasteiger partial charge in [0.15, 0.2) is 5.13 Å². The SMILES string of the molecule is O=C(Cc1cccc2ccccc12)Nc1nccs1. The second kappa shape index (κ2) is 5.20. The molecular formula is C15H12N2OS. The molecule has 0 aliphatic carbocycles. The monoisotopic (exact) mass is 268 g/mol. The first-order valence-corrected chi connectivity index (χ1v) is 6.87. The molecule has 0 saturated carbocycles. The number of aromatic nitrogens is 1. The van der Waals surface area contributed by atoms with Crippen molar-refractivity contribution >= 4 is 33.1 Å². The van der Waals surface area contributed by atoms with Crippen LogP contribution in [0.1, 0.15) is 5.56 Å². The molecule has 3 rings (SSSR count). The summed E-state index contributed by atoms with van der Waals surface area (Å²) in [7, 11) is 0. The van der Waals surface area contributed by atoms with Gasteiger partial charge in [0.25, 0.3) is 0 Å². The third-order valence-corrected chi connectivity index (χ3v) is 3.60. The van der Waals surface area contributed by atoms with Gasteiger partial charge in [0.2, 0.25) is 5.91 Å². The van der Waals surface area contributed by atoms with Crippen LogP contribution in [0.4, 0.5) is 5.13 Å². The van der Waals surface area contributed by atoms with Crippen LogP contribution in [0.5, 0.6) is 0 Å². The van der Waals surface area contributed by atoms with Crippen LogP contribution in [-0.2, 0) is 11.2 Å². The Morgan fingerprint density at radius 2 is 2.00 bits per heavy atom. The van der Waals surface area contributed by atoms with E-state index >= 15 is 0 Å². The maximum atomic E-state index is 12.0. The van der Waals surface area contributed by atoms with Crippen LogP contribution in [0.25, 0.3) is 10.8 Å². The van der Waals surface area contributed by atoms with E-state index in [0.29, 0.717) is 11.6 Å². The summed E-state index contributed by atoms with van der Waals surface area (Å²) in [6.45, 7) is 0. The molecule has 1 N–H and O–H groups in total. The number of hydrogen-bond acceptors (Lipinski definition) is 3. The number of nitrogens with one attached hydrogen (secondary N) is 1. The highest BCUT2D eigenvalue weighted by Gasteiger charge is 2.08. The maximum absolute atomic E-state index is 12.0. The van der Waals surface area contributed by atoms with Crippen molar-refractivity contribution in [2.24, 2.45) is 0 Å². The molecule has 0 spiro atoms. The lowest BCUT2D eigenvalue weighted by Crippen LogP contribution is -2.14. The Hall–Kier alpha value is -2.20. The fourth-order valence-electron chi connectivity index (χ4n) is 2.07. The normalized spacial score (nSPS) is 10.5. The van der Waals surface area contributed by atoms with Gasteiger partial charge in [0, 0.05) is 11.6 Å². The van der Waals surface area contributed by atoms with Crippen LogP contribution in [0, 0.1) is 0 Å². The maximum Gasteiger partial charge on any atom is 0.230 e. The topological polar surface area (TPSA) is 42.0 Å². The van der Waals surface area contributed by atoms with Gasteiger partial charge in [-0.25, -0.2) is 4.98 Å². The van der Waals surface area contributed by atoms with Crippen LogP contribution in [0.2, 0.25) is 0 Å².